The molecule has 0 N–H and O–H groups in total. The van der Waals surface area contributed by atoms with Gasteiger partial charge in [0.05, 0.1) is 23.4 Å². The molecule has 24 heavy (non-hydrogen) atoms. The van der Waals surface area contributed by atoms with E-state index in [-0.39, 0.29) is 12.0 Å². The fourth-order valence-electron chi connectivity index (χ4n) is 2.81. The molecule has 0 radical (unpaired) electrons. The van der Waals surface area contributed by atoms with Crippen LogP contribution in [0.3, 0.4) is 0 Å². The molecule has 0 unspecified atom stereocenters. The van der Waals surface area contributed by atoms with Gasteiger partial charge in [-0.15, -0.1) is 11.3 Å². The van der Waals surface area contributed by atoms with Crippen LogP contribution in [0.4, 0.5) is 0 Å². The van der Waals surface area contributed by atoms with Crippen molar-refractivity contribution in [3.05, 3.63) is 34.0 Å². The predicted molar refractivity (Wildman–Crippen MR) is 93.4 cm³/mol. The number of thiazole rings is 1. The highest BCUT2D eigenvalue weighted by Crippen LogP contribution is 2.26. The van der Waals surface area contributed by atoms with Crippen LogP contribution in [-0.2, 0) is 11.3 Å². The normalized spacial score (nSPS) is 18.8. The number of nitrogens with zero attached hydrogens (tertiary/aromatic N) is 4. The molecule has 1 atom stereocenters. The first-order valence-corrected chi connectivity index (χ1v) is 9.22. The van der Waals surface area contributed by atoms with Crippen molar-refractivity contribution in [3.63, 3.8) is 0 Å². The number of aryl methyl sites for hydroxylation is 1. The van der Waals surface area contributed by atoms with Crippen molar-refractivity contribution in [2.75, 3.05) is 19.7 Å². The van der Waals surface area contributed by atoms with E-state index in [1.165, 1.54) is 11.3 Å². The third-order valence-corrected chi connectivity index (χ3v) is 5.53. The molecule has 130 valence electrons. The molecule has 1 amide bonds. The zero-order valence-corrected chi connectivity index (χ0v) is 15.3. The lowest BCUT2D eigenvalue weighted by Crippen LogP contribution is -2.38. The molecule has 0 aromatic carbocycles. The highest BCUT2D eigenvalue weighted by molar-refractivity contribution is 7.13. The maximum atomic E-state index is 13.0. The highest BCUT2D eigenvalue weighted by atomic mass is 32.1. The van der Waals surface area contributed by atoms with Crippen molar-refractivity contribution in [1.82, 2.24) is 19.7 Å². The highest BCUT2D eigenvalue weighted by Gasteiger charge is 2.27. The van der Waals surface area contributed by atoms with Gasteiger partial charge in [-0.1, -0.05) is 13.8 Å². The number of amides is 1. The average Bonchev–Trinajstić information content (AvgIpc) is 3.12. The Hall–Kier alpha value is -1.73. The van der Waals surface area contributed by atoms with Crippen LogP contribution in [0.25, 0.3) is 0 Å². The van der Waals surface area contributed by atoms with E-state index in [0.29, 0.717) is 25.6 Å². The molecule has 1 aliphatic heterocycles. The van der Waals surface area contributed by atoms with Crippen LogP contribution >= 0.6 is 11.3 Å². The monoisotopic (exact) mass is 348 g/mol. The summed E-state index contributed by atoms with van der Waals surface area (Å²) in [5.74, 6) is 0.420. The van der Waals surface area contributed by atoms with Gasteiger partial charge in [0.25, 0.3) is 5.91 Å². The van der Waals surface area contributed by atoms with Gasteiger partial charge >= 0.3 is 0 Å². The van der Waals surface area contributed by atoms with E-state index in [0.717, 1.165) is 28.5 Å². The van der Waals surface area contributed by atoms with Crippen molar-refractivity contribution in [1.29, 1.82) is 0 Å². The summed E-state index contributed by atoms with van der Waals surface area (Å²) in [6.07, 6.45) is 4.50. The van der Waals surface area contributed by atoms with Crippen LogP contribution in [-0.4, -0.2) is 51.4 Å². The van der Waals surface area contributed by atoms with Crippen molar-refractivity contribution >= 4 is 17.2 Å². The van der Waals surface area contributed by atoms with Crippen LogP contribution in [0.2, 0.25) is 0 Å². The molecule has 3 heterocycles. The van der Waals surface area contributed by atoms with Gasteiger partial charge in [0, 0.05) is 38.0 Å². The minimum absolute atomic E-state index is 0.0332. The summed E-state index contributed by atoms with van der Waals surface area (Å²) in [4.78, 5) is 20.2. The number of aromatic nitrogens is 3. The molecule has 0 bridgehead atoms. The molecule has 1 fully saturated rings. The van der Waals surface area contributed by atoms with Gasteiger partial charge in [-0.2, -0.15) is 5.10 Å². The molecule has 0 aliphatic carbocycles. The van der Waals surface area contributed by atoms with E-state index >= 15 is 0 Å². The Kier molecular flexibility index (Phi) is 5.30. The van der Waals surface area contributed by atoms with E-state index in [4.69, 9.17) is 4.74 Å². The number of rotatable bonds is 4. The van der Waals surface area contributed by atoms with Crippen molar-refractivity contribution in [2.45, 2.75) is 45.8 Å². The first-order valence-electron chi connectivity index (χ1n) is 8.40. The Labute approximate surface area is 146 Å². The van der Waals surface area contributed by atoms with Gasteiger partial charge in [-0.25, -0.2) is 4.98 Å². The molecule has 1 saturated heterocycles. The second kappa shape index (κ2) is 7.44. The minimum atomic E-state index is -0.0332. The zero-order valence-electron chi connectivity index (χ0n) is 14.4. The molecule has 1 aliphatic rings. The van der Waals surface area contributed by atoms with Crippen molar-refractivity contribution < 1.29 is 9.53 Å². The Morgan fingerprint density at radius 2 is 2.33 bits per heavy atom. The first kappa shape index (κ1) is 17.1. The standard InChI is InChI=1S/C17H24N4O2S/c1-12(2)16-19-13(3)15(24-16)17(22)20-7-5-9-23-14(10-20)11-21-8-4-6-18-21/h4,6,8,12,14H,5,7,9-11H2,1-3H3/t14-/m1/s1. The summed E-state index contributed by atoms with van der Waals surface area (Å²) in [6, 6.07) is 1.90. The maximum Gasteiger partial charge on any atom is 0.265 e. The quantitative estimate of drug-likeness (QED) is 0.852. The van der Waals surface area contributed by atoms with Crippen LogP contribution in [0.1, 0.15) is 46.6 Å². The summed E-state index contributed by atoms with van der Waals surface area (Å²) in [7, 11) is 0. The van der Waals surface area contributed by atoms with Crippen LogP contribution < -0.4 is 0 Å². The molecule has 0 spiro atoms. The van der Waals surface area contributed by atoms with Gasteiger partial charge < -0.3 is 9.64 Å². The van der Waals surface area contributed by atoms with Gasteiger partial charge in [0.15, 0.2) is 0 Å². The summed E-state index contributed by atoms with van der Waals surface area (Å²) < 4.78 is 7.75. The van der Waals surface area contributed by atoms with E-state index in [9.17, 15) is 4.79 Å². The van der Waals surface area contributed by atoms with Crippen LogP contribution in [0, 0.1) is 6.92 Å². The van der Waals surface area contributed by atoms with Crippen LogP contribution in [0.5, 0.6) is 0 Å². The Morgan fingerprint density at radius 3 is 3.00 bits per heavy atom. The predicted octanol–water partition coefficient (Wildman–Crippen LogP) is 2.70. The summed E-state index contributed by atoms with van der Waals surface area (Å²) in [5.41, 5.74) is 0.836. The smallest absolute Gasteiger partial charge is 0.265 e. The molecule has 3 rings (SSSR count). The number of carbonyl (C=O) groups is 1. The Morgan fingerprint density at radius 1 is 1.50 bits per heavy atom. The second-order valence-corrected chi connectivity index (χ2v) is 7.48. The Bertz CT molecular complexity index is 681. The third-order valence-electron chi connectivity index (χ3n) is 4.09. The first-order chi connectivity index (χ1) is 11.5. The van der Waals surface area contributed by atoms with Gasteiger partial charge in [0.2, 0.25) is 0 Å². The van der Waals surface area contributed by atoms with Crippen LogP contribution in [0.15, 0.2) is 18.5 Å². The van der Waals surface area contributed by atoms with Crippen molar-refractivity contribution in [3.8, 4) is 0 Å². The minimum Gasteiger partial charge on any atom is -0.374 e. The number of hydrogen-bond acceptors (Lipinski definition) is 5. The molecular weight excluding hydrogens is 324 g/mol. The molecular formula is C17H24N4O2S. The molecule has 2 aromatic rings. The van der Waals surface area contributed by atoms with E-state index in [2.05, 4.69) is 23.9 Å². The lowest BCUT2D eigenvalue weighted by atomic mass is 10.2. The topological polar surface area (TPSA) is 60.3 Å². The molecule has 7 heteroatoms. The summed E-state index contributed by atoms with van der Waals surface area (Å²) in [6.45, 7) is 8.78. The molecule has 2 aromatic heterocycles. The fraction of sp³-hybridized carbons (Fsp3) is 0.588. The Balaban J connectivity index is 1.73. The largest absolute Gasteiger partial charge is 0.374 e. The van der Waals surface area contributed by atoms with E-state index in [1.807, 2.05) is 28.8 Å². The molecule has 6 nitrogen and oxygen atoms in total. The van der Waals surface area contributed by atoms with Gasteiger partial charge in [-0.05, 0) is 19.4 Å². The SMILES string of the molecule is Cc1nc(C(C)C)sc1C(=O)N1CCCO[C@@H](Cn2cccn2)C1. The lowest BCUT2D eigenvalue weighted by molar-refractivity contribution is 0.0368. The van der Waals surface area contributed by atoms with Gasteiger partial charge in [0.1, 0.15) is 4.88 Å². The number of hydrogen-bond donors (Lipinski definition) is 0. The van der Waals surface area contributed by atoms with Crippen molar-refractivity contribution in [2.24, 2.45) is 0 Å². The van der Waals surface area contributed by atoms with Gasteiger partial charge in [-0.3, -0.25) is 9.48 Å². The lowest BCUT2D eigenvalue weighted by Gasteiger charge is -2.23. The second-order valence-electron chi connectivity index (χ2n) is 6.45. The molecule has 0 saturated carbocycles. The van der Waals surface area contributed by atoms with E-state index in [1.54, 1.807) is 6.20 Å². The third kappa shape index (κ3) is 3.84. The number of ether oxygens (including phenoxy) is 1. The summed E-state index contributed by atoms with van der Waals surface area (Å²) >= 11 is 1.52. The zero-order chi connectivity index (χ0) is 17.1. The maximum absolute atomic E-state index is 13.0. The average molecular weight is 348 g/mol. The summed E-state index contributed by atoms with van der Waals surface area (Å²) in [5, 5.41) is 5.25. The van der Waals surface area contributed by atoms with E-state index < -0.39 is 0 Å². The fourth-order valence-corrected chi connectivity index (χ4v) is 3.85. The number of carbonyl (C=O) groups excluding carboxylic acids is 1.